The predicted octanol–water partition coefficient (Wildman–Crippen LogP) is 4.88. The van der Waals surface area contributed by atoms with Crippen molar-refractivity contribution in [2.24, 2.45) is 0 Å². The molecule has 0 unspecified atom stereocenters. The molecule has 6 heteroatoms. The summed E-state index contributed by atoms with van der Waals surface area (Å²) in [4.78, 5) is 0. The van der Waals surface area contributed by atoms with Gasteiger partial charge in [-0.3, -0.25) is 0 Å². The van der Waals surface area contributed by atoms with Gasteiger partial charge in [0.25, 0.3) is 0 Å². The Morgan fingerprint density at radius 1 is 0.960 bits per heavy atom. The van der Waals surface area contributed by atoms with Crippen LogP contribution in [0.4, 0.5) is 0 Å². The Labute approximate surface area is 159 Å². The molecular formula is C19H23Cl2NO3. The Bertz CT molecular complexity index is 707. The van der Waals surface area contributed by atoms with Gasteiger partial charge in [0.2, 0.25) is 0 Å². The topological polar surface area (TPSA) is 39.7 Å². The van der Waals surface area contributed by atoms with Crippen molar-refractivity contribution in [3.8, 4) is 17.2 Å². The third-order valence-corrected chi connectivity index (χ3v) is 4.18. The highest BCUT2D eigenvalue weighted by Crippen LogP contribution is 2.36. The van der Waals surface area contributed by atoms with Crippen LogP contribution in [-0.4, -0.2) is 26.9 Å². The minimum Gasteiger partial charge on any atom is -0.490 e. The van der Waals surface area contributed by atoms with E-state index >= 15 is 0 Å². The molecule has 0 fully saturated rings. The van der Waals surface area contributed by atoms with E-state index in [1.807, 2.05) is 51.2 Å². The Morgan fingerprint density at radius 2 is 1.72 bits per heavy atom. The normalized spacial score (nSPS) is 10.6. The van der Waals surface area contributed by atoms with Gasteiger partial charge in [-0.05, 0) is 62.4 Å². The second-order valence-electron chi connectivity index (χ2n) is 5.48. The van der Waals surface area contributed by atoms with E-state index in [1.54, 1.807) is 0 Å². The number of halogens is 2. The summed E-state index contributed by atoms with van der Waals surface area (Å²) in [6.45, 7) is 5.85. The average Bonchev–Trinajstić information content (AvgIpc) is 2.57. The van der Waals surface area contributed by atoms with E-state index in [4.69, 9.17) is 37.4 Å². The zero-order chi connectivity index (χ0) is 18.2. The molecule has 0 atom stereocenters. The summed E-state index contributed by atoms with van der Waals surface area (Å²) in [6.07, 6.45) is 0. The van der Waals surface area contributed by atoms with Crippen LogP contribution in [0.25, 0.3) is 0 Å². The highest BCUT2D eigenvalue weighted by molar-refractivity contribution is 6.32. The van der Waals surface area contributed by atoms with Gasteiger partial charge in [-0.1, -0.05) is 23.2 Å². The molecule has 0 aromatic heterocycles. The van der Waals surface area contributed by atoms with Crippen LogP contribution in [-0.2, 0) is 6.54 Å². The lowest BCUT2D eigenvalue weighted by molar-refractivity contribution is 0.208. The van der Waals surface area contributed by atoms with Gasteiger partial charge in [-0.15, -0.1) is 0 Å². The molecule has 0 bridgehead atoms. The number of ether oxygens (including phenoxy) is 3. The van der Waals surface area contributed by atoms with Crippen LogP contribution in [0.5, 0.6) is 17.2 Å². The number of rotatable bonds is 9. The molecule has 0 heterocycles. The molecule has 2 rings (SSSR count). The zero-order valence-corrected chi connectivity index (χ0v) is 16.2. The van der Waals surface area contributed by atoms with Gasteiger partial charge >= 0.3 is 0 Å². The molecular weight excluding hydrogens is 361 g/mol. The van der Waals surface area contributed by atoms with E-state index in [1.165, 1.54) is 0 Å². The van der Waals surface area contributed by atoms with Crippen LogP contribution in [0.2, 0.25) is 10.0 Å². The second kappa shape index (κ2) is 9.76. The van der Waals surface area contributed by atoms with Gasteiger partial charge in [0.05, 0.1) is 11.6 Å². The van der Waals surface area contributed by atoms with Crippen LogP contribution in [0, 0.1) is 6.92 Å². The third kappa shape index (κ3) is 5.70. The monoisotopic (exact) mass is 383 g/mol. The first-order valence-electron chi connectivity index (χ1n) is 8.16. The molecule has 1 N–H and O–H groups in total. The lowest BCUT2D eigenvalue weighted by Gasteiger charge is -2.15. The molecule has 0 saturated heterocycles. The lowest BCUT2D eigenvalue weighted by Crippen LogP contribution is -2.11. The van der Waals surface area contributed by atoms with Crippen molar-refractivity contribution < 1.29 is 14.2 Å². The molecule has 0 spiro atoms. The maximum atomic E-state index is 6.35. The quantitative estimate of drug-likeness (QED) is 0.626. The predicted molar refractivity (Wildman–Crippen MR) is 103 cm³/mol. The summed E-state index contributed by atoms with van der Waals surface area (Å²) in [6, 6.07) is 9.36. The Morgan fingerprint density at radius 3 is 2.40 bits per heavy atom. The smallest absolute Gasteiger partial charge is 0.179 e. The van der Waals surface area contributed by atoms with E-state index < -0.39 is 0 Å². The first kappa shape index (κ1) is 19.7. The van der Waals surface area contributed by atoms with Crippen molar-refractivity contribution >= 4 is 23.2 Å². The lowest BCUT2D eigenvalue weighted by atomic mass is 10.2. The van der Waals surface area contributed by atoms with Crippen molar-refractivity contribution in [1.82, 2.24) is 5.32 Å². The molecule has 0 saturated carbocycles. The van der Waals surface area contributed by atoms with Crippen LogP contribution < -0.4 is 19.5 Å². The van der Waals surface area contributed by atoms with Crippen molar-refractivity contribution in [2.45, 2.75) is 20.4 Å². The minimum absolute atomic E-state index is 0.354. The van der Waals surface area contributed by atoms with Crippen molar-refractivity contribution in [1.29, 1.82) is 0 Å². The third-order valence-electron chi connectivity index (χ3n) is 3.48. The molecule has 0 amide bonds. The second-order valence-corrected chi connectivity index (χ2v) is 6.29. The summed E-state index contributed by atoms with van der Waals surface area (Å²) in [5, 5.41) is 4.34. The molecule has 2 aromatic rings. The van der Waals surface area contributed by atoms with E-state index in [2.05, 4.69) is 5.32 Å². The van der Waals surface area contributed by atoms with E-state index in [0.717, 1.165) is 21.9 Å². The van der Waals surface area contributed by atoms with E-state index in [-0.39, 0.29) is 0 Å². The molecule has 4 nitrogen and oxygen atoms in total. The zero-order valence-electron chi connectivity index (χ0n) is 14.7. The summed E-state index contributed by atoms with van der Waals surface area (Å²) in [7, 11) is 1.88. The average molecular weight is 384 g/mol. The van der Waals surface area contributed by atoms with Crippen molar-refractivity contribution in [2.75, 3.05) is 26.9 Å². The van der Waals surface area contributed by atoms with Crippen LogP contribution in [0.1, 0.15) is 18.1 Å². The van der Waals surface area contributed by atoms with Gasteiger partial charge in [0.1, 0.15) is 19.0 Å². The molecule has 25 heavy (non-hydrogen) atoms. The van der Waals surface area contributed by atoms with Crippen LogP contribution in [0.3, 0.4) is 0 Å². The van der Waals surface area contributed by atoms with Gasteiger partial charge in [0.15, 0.2) is 11.5 Å². The fourth-order valence-electron chi connectivity index (χ4n) is 2.34. The minimum atomic E-state index is 0.354. The standard InChI is InChI=1S/C19H23Cl2NO3/c1-4-23-18-11-14(12-22-3)10-17(21)19(18)25-8-7-24-15-5-6-16(20)13(2)9-15/h5-6,9-11,22H,4,7-8,12H2,1-3H3. The van der Waals surface area contributed by atoms with Gasteiger partial charge in [0, 0.05) is 11.6 Å². The Hall–Kier alpha value is -1.62. The molecule has 136 valence electrons. The van der Waals surface area contributed by atoms with Crippen molar-refractivity contribution in [3.05, 3.63) is 51.5 Å². The molecule has 0 aliphatic rings. The highest BCUT2D eigenvalue weighted by atomic mass is 35.5. The Balaban J connectivity index is 1.98. The van der Waals surface area contributed by atoms with Crippen LogP contribution >= 0.6 is 23.2 Å². The first-order valence-corrected chi connectivity index (χ1v) is 8.92. The number of aryl methyl sites for hydroxylation is 1. The van der Waals surface area contributed by atoms with Crippen molar-refractivity contribution in [3.63, 3.8) is 0 Å². The Kier molecular flexibility index (Phi) is 7.69. The molecule has 0 aliphatic heterocycles. The van der Waals surface area contributed by atoms with Crippen LogP contribution in [0.15, 0.2) is 30.3 Å². The largest absolute Gasteiger partial charge is 0.490 e. The van der Waals surface area contributed by atoms with E-state index in [9.17, 15) is 0 Å². The SMILES string of the molecule is CCOc1cc(CNC)cc(Cl)c1OCCOc1ccc(Cl)c(C)c1. The fourth-order valence-corrected chi connectivity index (χ4v) is 2.75. The van der Waals surface area contributed by atoms with Gasteiger partial charge in [-0.2, -0.15) is 0 Å². The fraction of sp³-hybridized carbons (Fsp3) is 0.368. The molecule has 0 aliphatic carbocycles. The number of hydrogen-bond acceptors (Lipinski definition) is 4. The highest BCUT2D eigenvalue weighted by Gasteiger charge is 2.12. The number of hydrogen-bond donors (Lipinski definition) is 1. The summed E-state index contributed by atoms with van der Waals surface area (Å²) < 4.78 is 17.1. The molecule has 0 radical (unpaired) electrons. The summed E-state index contributed by atoms with van der Waals surface area (Å²) >= 11 is 12.4. The number of benzene rings is 2. The maximum absolute atomic E-state index is 6.35. The van der Waals surface area contributed by atoms with Gasteiger partial charge in [-0.25, -0.2) is 0 Å². The molecule has 2 aromatic carbocycles. The maximum Gasteiger partial charge on any atom is 0.179 e. The van der Waals surface area contributed by atoms with E-state index in [0.29, 0.717) is 42.9 Å². The summed E-state index contributed by atoms with van der Waals surface area (Å²) in [5.74, 6) is 1.94. The summed E-state index contributed by atoms with van der Waals surface area (Å²) in [5.41, 5.74) is 2.01. The number of nitrogens with one attached hydrogen (secondary N) is 1. The van der Waals surface area contributed by atoms with Gasteiger partial charge < -0.3 is 19.5 Å². The first-order chi connectivity index (χ1) is 12.0.